The second kappa shape index (κ2) is 3.79. The molecular formula is C11H8O3. The Hall–Kier alpha value is -2.03. The van der Waals surface area contributed by atoms with Crippen LogP contribution < -0.4 is 0 Å². The first-order valence-electron chi connectivity index (χ1n) is 4.15. The molecule has 0 aliphatic rings. The largest absolute Gasteiger partial charge is 0.465 e. The zero-order valence-electron chi connectivity index (χ0n) is 7.34. The zero-order valence-corrected chi connectivity index (χ0v) is 7.34. The van der Waals surface area contributed by atoms with Gasteiger partial charge in [0.25, 0.3) is 0 Å². The summed E-state index contributed by atoms with van der Waals surface area (Å²) >= 11 is 0. The number of carbonyl (C=O) groups excluding carboxylic acids is 1. The SMILES string of the molecule is O=Cc1ccc(/C=C/c2ccco2)o1. The van der Waals surface area contributed by atoms with Crippen LogP contribution in [0, 0.1) is 0 Å². The minimum absolute atomic E-state index is 0.323. The molecule has 2 rings (SSSR count). The molecule has 14 heavy (non-hydrogen) atoms. The lowest BCUT2D eigenvalue weighted by molar-refractivity contribution is 0.110. The summed E-state index contributed by atoms with van der Waals surface area (Å²) in [5, 5.41) is 0. The molecule has 0 spiro atoms. The molecule has 2 aromatic rings. The van der Waals surface area contributed by atoms with Crippen molar-refractivity contribution in [1.82, 2.24) is 0 Å². The highest BCUT2D eigenvalue weighted by molar-refractivity contribution is 5.72. The van der Waals surface area contributed by atoms with Crippen molar-refractivity contribution in [2.24, 2.45) is 0 Å². The van der Waals surface area contributed by atoms with Crippen LogP contribution in [0.5, 0.6) is 0 Å². The van der Waals surface area contributed by atoms with E-state index in [1.807, 2.05) is 6.07 Å². The third kappa shape index (κ3) is 1.82. The number of rotatable bonds is 3. The molecule has 0 saturated carbocycles. The molecule has 0 aromatic carbocycles. The van der Waals surface area contributed by atoms with Gasteiger partial charge in [0.1, 0.15) is 11.5 Å². The first kappa shape index (κ1) is 8.56. The van der Waals surface area contributed by atoms with Crippen LogP contribution in [0.1, 0.15) is 22.1 Å². The monoisotopic (exact) mass is 188 g/mol. The lowest BCUT2D eigenvalue weighted by atomic mass is 10.3. The van der Waals surface area contributed by atoms with Gasteiger partial charge in [-0.15, -0.1) is 0 Å². The number of aldehydes is 1. The highest BCUT2D eigenvalue weighted by atomic mass is 16.3. The summed E-state index contributed by atoms with van der Waals surface area (Å²) in [6, 6.07) is 6.98. The fourth-order valence-electron chi connectivity index (χ4n) is 1.07. The van der Waals surface area contributed by atoms with Crippen molar-refractivity contribution >= 4 is 18.4 Å². The van der Waals surface area contributed by atoms with Gasteiger partial charge in [-0.1, -0.05) is 0 Å². The van der Waals surface area contributed by atoms with Crippen LogP contribution in [0.2, 0.25) is 0 Å². The summed E-state index contributed by atoms with van der Waals surface area (Å²) in [5.41, 5.74) is 0. The molecule has 3 nitrogen and oxygen atoms in total. The Morgan fingerprint density at radius 3 is 2.43 bits per heavy atom. The van der Waals surface area contributed by atoms with Gasteiger partial charge < -0.3 is 8.83 Å². The van der Waals surface area contributed by atoms with Gasteiger partial charge in [0, 0.05) is 0 Å². The molecule has 0 aliphatic heterocycles. The molecule has 0 saturated heterocycles. The molecule has 0 radical (unpaired) electrons. The van der Waals surface area contributed by atoms with Crippen LogP contribution in [0.15, 0.2) is 39.4 Å². The summed E-state index contributed by atoms with van der Waals surface area (Å²) < 4.78 is 10.2. The maximum Gasteiger partial charge on any atom is 0.185 e. The van der Waals surface area contributed by atoms with Gasteiger partial charge >= 0.3 is 0 Å². The van der Waals surface area contributed by atoms with E-state index in [0.29, 0.717) is 17.8 Å². The van der Waals surface area contributed by atoms with Gasteiger partial charge in [0.2, 0.25) is 0 Å². The van der Waals surface area contributed by atoms with Crippen molar-refractivity contribution in [3.8, 4) is 0 Å². The minimum atomic E-state index is 0.323. The fourth-order valence-corrected chi connectivity index (χ4v) is 1.07. The fraction of sp³-hybridized carbons (Fsp3) is 0. The molecule has 70 valence electrons. The molecule has 0 amide bonds. The summed E-state index contributed by atoms with van der Waals surface area (Å²) in [4.78, 5) is 10.3. The van der Waals surface area contributed by atoms with Crippen molar-refractivity contribution in [2.45, 2.75) is 0 Å². The molecular weight excluding hydrogens is 180 g/mol. The average Bonchev–Trinajstić information content (AvgIpc) is 2.86. The van der Waals surface area contributed by atoms with Crippen LogP contribution in [-0.2, 0) is 0 Å². The van der Waals surface area contributed by atoms with Crippen molar-refractivity contribution in [1.29, 1.82) is 0 Å². The Labute approximate surface area is 80.6 Å². The van der Waals surface area contributed by atoms with E-state index in [2.05, 4.69) is 0 Å². The highest BCUT2D eigenvalue weighted by Gasteiger charge is 1.96. The average molecular weight is 188 g/mol. The zero-order chi connectivity index (χ0) is 9.80. The standard InChI is InChI=1S/C11H8O3/c12-8-11-6-5-10(14-11)4-3-9-2-1-7-13-9/h1-8H/b4-3+. The Morgan fingerprint density at radius 2 is 1.79 bits per heavy atom. The normalized spacial score (nSPS) is 10.9. The topological polar surface area (TPSA) is 43.4 Å². The molecule has 2 aromatic heterocycles. The number of furan rings is 2. The van der Waals surface area contributed by atoms with Crippen LogP contribution >= 0.6 is 0 Å². The highest BCUT2D eigenvalue weighted by Crippen LogP contribution is 2.11. The van der Waals surface area contributed by atoms with Gasteiger partial charge in [-0.2, -0.15) is 0 Å². The van der Waals surface area contributed by atoms with E-state index < -0.39 is 0 Å². The van der Waals surface area contributed by atoms with E-state index in [0.717, 1.165) is 5.76 Å². The van der Waals surface area contributed by atoms with Gasteiger partial charge in [-0.25, -0.2) is 0 Å². The van der Waals surface area contributed by atoms with Crippen LogP contribution in [0.4, 0.5) is 0 Å². The Kier molecular flexibility index (Phi) is 2.32. The van der Waals surface area contributed by atoms with Crippen LogP contribution in [0.3, 0.4) is 0 Å². The molecule has 0 N–H and O–H groups in total. The number of carbonyl (C=O) groups is 1. The third-order valence-electron chi connectivity index (χ3n) is 1.72. The quantitative estimate of drug-likeness (QED) is 0.695. The molecule has 2 heterocycles. The van der Waals surface area contributed by atoms with E-state index in [1.54, 1.807) is 36.6 Å². The minimum Gasteiger partial charge on any atom is -0.465 e. The maximum absolute atomic E-state index is 10.3. The summed E-state index contributed by atoms with van der Waals surface area (Å²) in [5.74, 6) is 1.70. The summed E-state index contributed by atoms with van der Waals surface area (Å²) in [6.45, 7) is 0. The molecule has 0 unspecified atom stereocenters. The summed E-state index contributed by atoms with van der Waals surface area (Å²) in [7, 11) is 0. The van der Waals surface area contributed by atoms with E-state index in [-0.39, 0.29) is 0 Å². The van der Waals surface area contributed by atoms with Gasteiger partial charge in [0.15, 0.2) is 12.0 Å². The lowest BCUT2D eigenvalue weighted by Gasteiger charge is -1.84. The molecule has 0 atom stereocenters. The predicted molar refractivity (Wildman–Crippen MR) is 51.7 cm³/mol. The third-order valence-corrected chi connectivity index (χ3v) is 1.72. The lowest BCUT2D eigenvalue weighted by Crippen LogP contribution is -1.67. The Morgan fingerprint density at radius 1 is 1.00 bits per heavy atom. The summed E-state index contributed by atoms with van der Waals surface area (Å²) in [6.07, 6.45) is 5.78. The van der Waals surface area contributed by atoms with Gasteiger partial charge in [-0.3, -0.25) is 4.79 Å². The molecule has 3 heteroatoms. The Bertz CT molecular complexity index is 435. The predicted octanol–water partition coefficient (Wildman–Crippen LogP) is 2.86. The smallest absolute Gasteiger partial charge is 0.185 e. The van der Waals surface area contributed by atoms with Crippen LogP contribution in [-0.4, -0.2) is 6.29 Å². The molecule has 0 bridgehead atoms. The van der Waals surface area contributed by atoms with E-state index in [4.69, 9.17) is 8.83 Å². The Balaban J connectivity index is 2.14. The van der Waals surface area contributed by atoms with Gasteiger partial charge in [0.05, 0.1) is 6.26 Å². The van der Waals surface area contributed by atoms with Crippen molar-refractivity contribution in [3.05, 3.63) is 47.8 Å². The van der Waals surface area contributed by atoms with E-state index in [1.165, 1.54) is 0 Å². The molecule has 0 aliphatic carbocycles. The maximum atomic E-state index is 10.3. The second-order valence-corrected chi connectivity index (χ2v) is 2.71. The van der Waals surface area contributed by atoms with Crippen molar-refractivity contribution < 1.29 is 13.6 Å². The number of hydrogen-bond acceptors (Lipinski definition) is 3. The van der Waals surface area contributed by atoms with Crippen molar-refractivity contribution in [2.75, 3.05) is 0 Å². The van der Waals surface area contributed by atoms with Gasteiger partial charge in [-0.05, 0) is 36.4 Å². The number of hydrogen-bond donors (Lipinski definition) is 0. The van der Waals surface area contributed by atoms with E-state index >= 15 is 0 Å². The van der Waals surface area contributed by atoms with E-state index in [9.17, 15) is 4.79 Å². The first-order chi connectivity index (χ1) is 6.88. The first-order valence-corrected chi connectivity index (χ1v) is 4.15. The van der Waals surface area contributed by atoms with Crippen molar-refractivity contribution in [3.63, 3.8) is 0 Å². The molecule has 0 fully saturated rings. The van der Waals surface area contributed by atoms with Crippen LogP contribution in [0.25, 0.3) is 12.2 Å². The second-order valence-electron chi connectivity index (χ2n) is 2.71.